The van der Waals surface area contributed by atoms with Crippen LogP contribution in [0.5, 0.6) is 0 Å². The van der Waals surface area contributed by atoms with Gasteiger partial charge >= 0.3 is 5.69 Å². The van der Waals surface area contributed by atoms with Crippen LogP contribution >= 0.6 is 12.4 Å². The van der Waals surface area contributed by atoms with Crippen LogP contribution in [0.3, 0.4) is 0 Å². The monoisotopic (exact) mass is 342 g/mol. The van der Waals surface area contributed by atoms with Crippen molar-refractivity contribution in [2.24, 2.45) is 19.1 Å². The van der Waals surface area contributed by atoms with E-state index in [9.17, 15) is 9.59 Å². The second kappa shape index (κ2) is 7.45. The van der Waals surface area contributed by atoms with Gasteiger partial charge in [0.05, 0.1) is 12.2 Å². The molecular weight excluding hydrogens is 320 g/mol. The van der Waals surface area contributed by atoms with E-state index < -0.39 is 0 Å². The smallest absolute Gasteiger partial charge is 0.332 e. The maximum absolute atomic E-state index is 12.3. The van der Waals surface area contributed by atoms with E-state index in [-0.39, 0.29) is 23.7 Å². The van der Waals surface area contributed by atoms with Gasteiger partial charge in [-0.15, -0.1) is 12.4 Å². The number of aryl methyl sites for hydroxylation is 2. The third-order valence-corrected chi connectivity index (χ3v) is 3.76. The van der Waals surface area contributed by atoms with E-state index in [2.05, 4.69) is 9.98 Å². The fourth-order valence-corrected chi connectivity index (χ4v) is 2.19. The van der Waals surface area contributed by atoms with E-state index in [4.69, 9.17) is 0 Å². The second-order valence-electron chi connectivity index (χ2n) is 5.49. The van der Waals surface area contributed by atoms with Crippen LogP contribution in [0.4, 0.5) is 0 Å². The molecule has 2 rings (SSSR count). The number of rotatable bonds is 4. The van der Waals surface area contributed by atoms with E-state index in [1.165, 1.54) is 11.6 Å². The average Bonchev–Trinajstić information content (AvgIpc) is 2.91. The highest BCUT2D eigenvalue weighted by Gasteiger charge is 2.13. The van der Waals surface area contributed by atoms with E-state index in [0.29, 0.717) is 24.3 Å². The van der Waals surface area contributed by atoms with E-state index in [1.807, 2.05) is 25.9 Å². The molecule has 0 saturated carbocycles. The summed E-state index contributed by atoms with van der Waals surface area (Å²) < 4.78 is 4.29. The molecule has 2 aromatic heterocycles. The fraction of sp³-hybridized carbons (Fsp3) is 0.571. The Labute approximate surface area is 140 Å². The molecule has 0 saturated heterocycles. The molecule has 8 nitrogen and oxygen atoms in total. The van der Waals surface area contributed by atoms with Crippen LogP contribution in [0.2, 0.25) is 0 Å². The van der Waals surface area contributed by atoms with Gasteiger partial charge in [-0.05, 0) is 13.3 Å². The van der Waals surface area contributed by atoms with Crippen LogP contribution in [-0.4, -0.2) is 50.1 Å². The molecule has 128 valence electrons. The summed E-state index contributed by atoms with van der Waals surface area (Å²) in [4.78, 5) is 34.7. The molecule has 2 heterocycles. The zero-order valence-electron chi connectivity index (χ0n) is 14.1. The second-order valence-corrected chi connectivity index (χ2v) is 5.49. The van der Waals surface area contributed by atoms with Gasteiger partial charge in [0.15, 0.2) is 11.2 Å². The third kappa shape index (κ3) is 3.64. The summed E-state index contributed by atoms with van der Waals surface area (Å²) in [6.07, 6.45) is 2.40. The van der Waals surface area contributed by atoms with Gasteiger partial charge in [-0.1, -0.05) is 0 Å². The Kier molecular flexibility index (Phi) is 6.14. The van der Waals surface area contributed by atoms with Gasteiger partial charge in [0.25, 0.3) is 5.56 Å². The number of fused-ring (bicyclic) bond motifs is 1. The predicted octanol–water partition coefficient (Wildman–Crippen LogP) is 0.226. The summed E-state index contributed by atoms with van der Waals surface area (Å²) in [7, 11) is 7.00. The average molecular weight is 343 g/mol. The lowest BCUT2D eigenvalue weighted by molar-refractivity contribution is 0.604. The van der Waals surface area contributed by atoms with Crippen molar-refractivity contribution in [3.8, 4) is 0 Å². The third-order valence-electron chi connectivity index (χ3n) is 3.76. The first-order valence-corrected chi connectivity index (χ1v) is 7.13. The minimum absolute atomic E-state index is 0. The summed E-state index contributed by atoms with van der Waals surface area (Å²) in [6, 6.07) is 0. The SMILES string of the molecule is CC(=NCCCn1cnc2c1c(=O)n(C)c(=O)n2C)N(C)C.Cl. The summed E-state index contributed by atoms with van der Waals surface area (Å²) in [5.74, 6) is 0.966. The number of aliphatic imine (C=N–C) groups is 1. The summed E-state index contributed by atoms with van der Waals surface area (Å²) in [5.41, 5.74) is 0.191. The Bertz CT molecular complexity index is 830. The van der Waals surface area contributed by atoms with Gasteiger partial charge < -0.3 is 9.47 Å². The number of amidine groups is 1. The zero-order chi connectivity index (χ0) is 16.4. The molecule has 0 fully saturated rings. The topological polar surface area (TPSA) is 77.4 Å². The first-order chi connectivity index (χ1) is 10.3. The molecule has 2 aromatic rings. The summed E-state index contributed by atoms with van der Waals surface area (Å²) >= 11 is 0. The highest BCUT2D eigenvalue weighted by Crippen LogP contribution is 2.06. The van der Waals surface area contributed by atoms with Gasteiger partial charge in [0, 0.05) is 41.3 Å². The lowest BCUT2D eigenvalue weighted by atomic mass is 10.4. The van der Waals surface area contributed by atoms with Gasteiger partial charge in [-0.25, -0.2) is 9.78 Å². The van der Waals surface area contributed by atoms with Crippen molar-refractivity contribution in [1.82, 2.24) is 23.6 Å². The molecule has 0 bridgehead atoms. The quantitative estimate of drug-likeness (QED) is 0.452. The standard InChI is InChI=1S/C14H22N6O2.ClH/c1-10(17(2)3)15-7-6-8-20-9-16-12-11(20)13(21)19(5)14(22)18(12)4;/h9H,6-8H2,1-5H3;1H. The maximum atomic E-state index is 12.3. The van der Waals surface area contributed by atoms with Crippen molar-refractivity contribution in [2.75, 3.05) is 20.6 Å². The maximum Gasteiger partial charge on any atom is 0.332 e. The number of aromatic nitrogens is 4. The zero-order valence-corrected chi connectivity index (χ0v) is 14.9. The molecule has 0 N–H and O–H groups in total. The number of halogens is 1. The number of hydrogen-bond donors (Lipinski definition) is 0. The highest BCUT2D eigenvalue weighted by atomic mass is 35.5. The first kappa shape index (κ1) is 19.0. The highest BCUT2D eigenvalue weighted by molar-refractivity contribution is 5.85. The Morgan fingerprint density at radius 2 is 1.91 bits per heavy atom. The first-order valence-electron chi connectivity index (χ1n) is 7.13. The Hall–Kier alpha value is -2.09. The molecule has 0 spiro atoms. The molecule has 0 aliphatic carbocycles. The number of hydrogen-bond acceptors (Lipinski definition) is 4. The van der Waals surface area contributed by atoms with Crippen molar-refractivity contribution in [3.63, 3.8) is 0 Å². The van der Waals surface area contributed by atoms with Crippen molar-refractivity contribution < 1.29 is 0 Å². The minimum Gasteiger partial charge on any atom is -0.367 e. The van der Waals surface area contributed by atoms with E-state index >= 15 is 0 Å². The van der Waals surface area contributed by atoms with Crippen LogP contribution in [-0.2, 0) is 20.6 Å². The number of imidazole rings is 1. The van der Waals surface area contributed by atoms with Crippen molar-refractivity contribution in [2.45, 2.75) is 19.9 Å². The molecule has 0 unspecified atom stereocenters. The van der Waals surface area contributed by atoms with Crippen LogP contribution in [0, 0.1) is 0 Å². The lowest BCUT2D eigenvalue weighted by Gasteiger charge is -2.11. The molecular formula is C14H23ClN6O2. The Morgan fingerprint density at radius 1 is 1.26 bits per heavy atom. The molecule has 0 aromatic carbocycles. The van der Waals surface area contributed by atoms with Crippen molar-refractivity contribution in [1.29, 1.82) is 0 Å². The predicted molar refractivity (Wildman–Crippen MR) is 93.7 cm³/mol. The molecule has 0 aliphatic heterocycles. The Morgan fingerprint density at radius 3 is 2.52 bits per heavy atom. The fourth-order valence-electron chi connectivity index (χ4n) is 2.19. The molecule has 0 radical (unpaired) electrons. The normalized spacial score (nSPS) is 11.6. The van der Waals surface area contributed by atoms with Crippen LogP contribution in [0.15, 0.2) is 20.9 Å². The molecule has 9 heteroatoms. The Balaban J connectivity index is 0.00000264. The van der Waals surface area contributed by atoms with E-state index in [1.54, 1.807) is 17.9 Å². The van der Waals surface area contributed by atoms with Gasteiger partial charge in [0.2, 0.25) is 0 Å². The van der Waals surface area contributed by atoms with Gasteiger partial charge in [0.1, 0.15) is 0 Å². The molecule has 0 amide bonds. The molecule has 0 aliphatic rings. The van der Waals surface area contributed by atoms with Crippen LogP contribution in [0.25, 0.3) is 11.2 Å². The molecule has 0 atom stereocenters. The van der Waals surface area contributed by atoms with Crippen molar-refractivity contribution in [3.05, 3.63) is 27.2 Å². The van der Waals surface area contributed by atoms with Crippen LogP contribution in [0.1, 0.15) is 13.3 Å². The van der Waals surface area contributed by atoms with Crippen molar-refractivity contribution >= 4 is 29.4 Å². The van der Waals surface area contributed by atoms with E-state index in [0.717, 1.165) is 16.8 Å². The van der Waals surface area contributed by atoms with Crippen LogP contribution < -0.4 is 11.2 Å². The number of nitrogens with zero attached hydrogens (tertiary/aromatic N) is 6. The largest absolute Gasteiger partial charge is 0.367 e. The summed E-state index contributed by atoms with van der Waals surface area (Å²) in [6.45, 7) is 3.27. The minimum atomic E-state index is -0.367. The van der Waals surface area contributed by atoms with Gasteiger partial charge in [-0.2, -0.15) is 0 Å². The lowest BCUT2D eigenvalue weighted by Crippen LogP contribution is -2.37. The van der Waals surface area contributed by atoms with Gasteiger partial charge in [-0.3, -0.25) is 18.9 Å². The summed E-state index contributed by atoms with van der Waals surface area (Å²) in [5, 5.41) is 0. The molecule has 23 heavy (non-hydrogen) atoms.